The van der Waals surface area contributed by atoms with Crippen molar-refractivity contribution >= 4 is 0 Å². The average molecular weight is 238 g/mol. The number of aryl methyl sites for hydroxylation is 1. The van der Waals surface area contributed by atoms with Gasteiger partial charge in [0, 0.05) is 18.7 Å². The number of nitrogens with zero attached hydrogens (tertiary/aromatic N) is 1. The van der Waals surface area contributed by atoms with Gasteiger partial charge in [-0.15, -0.1) is 0 Å². The highest BCUT2D eigenvalue weighted by atomic mass is 16.5. The summed E-state index contributed by atoms with van der Waals surface area (Å²) < 4.78 is 5.64. The maximum Gasteiger partial charge on any atom is 0.142 e. The maximum absolute atomic E-state index is 9.18. The Hall–Kier alpha value is -1.13. The molecule has 0 amide bonds. The van der Waals surface area contributed by atoms with E-state index in [0.29, 0.717) is 19.6 Å². The number of hydrogen-bond acceptors (Lipinski definition) is 4. The van der Waals surface area contributed by atoms with Crippen molar-refractivity contribution in [1.82, 2.24) is 10.3 Å². The standard InChI is InChI=1S/C13H22N2O2/c1-4-14-9-12-13(6-5-10(2)15-12)17-8-7-11(3)16/h5-6,11,14,16H,4,7-9H2,1-3H3. The van der Waals surface area contributed by atoms with Crippen LogP contribution in [0.5, 0.6) is 5.75 Å². The molecule has 4 heteroatoms. The van der Waals surface area contributed by atoms with Gasteiger partial charge in [0.1, 0.15) is 5.75 Å². The van der Waals surface area contributed by atoms with E-state index >= 15 is 0 Å². The minimum absolute atomic E-state index is 0.328. The van der Waals surface area contributed by atoms with E-state index in [0.717, 1.165) is 23.7 Å². The summed E-state index contributed by atoms with van der Waals surface area (Å²) in [6.45, 7) is 7.92. The number of hydrogen-bond donors (Lipinski definition) is 2. The second kappa shape index (κ2) is 7.25. The Morgan fingerprint density at radius 1 is 1.47 bits per heavy atom. The van der Waals surface area contributed by atoms with Crippen LogP contribution in [0.25, 0.3) is 0 Å². The van der Waals surface area contributed by atoms with Crippen LogP contribution in [0.1, 0.15) is 31.7 Å². The van der Waals surface area contributed by atoms with Crippen LogP contribution >= 0.6 is 0 Å². The largest absolute Gasteiger partial charge is 0.492 e. The van der Waals surface area contributed by atoms with E-state index in [1.807, 2.05) is 19.1 Å². The van der Waals surface area contributed by atoms with Crippen LogP contribution in [0.3, 0.4) is 0 Å². The quantitative estimate of drug-likeness (QED) is 0.758. The van der Waals surface area contributed by atoms with Crippen molar-refractivity contribution in [1.29, 1.82) is 0 Å². The molecule has 17 heavy (non-hydrogen) atoms. The van der Waals surface area contributed by atoms with E-state index in [1.54, 1.807) is 6.92 Å². The summed E-state index contributed by atoms with van der Waals surface area (Å²) in [6.07, 6.45) is 0.305. The minimum atomic E-state index is -0.328. The number of nitrogens with one attached hydrogen (secondary N) is 1. The van der Waals surface area contributed by atoms with Gasteiger partial charge >= 0.3 is 0 Å². The number of aromatic nitrogens is 1. The van der Waals surface area contributed by atoms with Crippen molar-refractivity contribution in [3.8, 4) is 5.75 Å². The van der Waals surface area contributed by atoms with Gasteiger partial charge < -0.3 is 15.2 Å². The van der Waals surface area contributed by atoms with Gasteiger partial charge in [0.25, 0.3) is 0 Å². The lowest BCUT2D eigenvalue weighted by molar-refractivity contribution is 0.155. The summed E-state index contributed by atoms with van der Waals surface area (Å²) >= 11 is 0. The second-order valence-corrected chi connectivity index (χ2v) is 4.16. The first kappa shape index (κ1) is 13.9. The molecule has 0 fully saturated rings. The summed E-state index contributed by atoms with van der Waals surface area (Å²) in [4.78, 5) is 4.46. The number of rotatable bonds is 7. The average Bonchev–Trinajstić information content (AvgIpc) is 2.28. The fraction of sp³-hybridized carbons (Fsp3) is 0.615. The minimum Gasteiger partial charge on any atom is -0.492 e. The Kier molecular flexibility index (Phi) is 5.94. The molecule has 1 rings (SSSR count). The molecule has 1 atom stereocenters. The molecule has 96 valence electrons. The van der Waals surface area contributed by atoms with Crippen LogP contribution in [0.15, 0.2) is 12.1 Å². The van der Waals surface area contributed by atoms with E-state index in [1.165, 1.54) is 0 Å². The fourth-order valence-corrected chi connectivity index (χ4v) is 1.44. The zero-order chi connectivity index (χ0) is 12.7. The first-order valence-corrected chi connectivity index (χ1v) is 6.11. The van der Waals surface area contributed by atoms with Gasteiger partial charge in [0.2, 0.25) is 0 Å². The van der Waals surface area contributed by atoms with Crippen LogP contribution in [0.2, 0.25) is 0 Å². The van der Waals surface area contributed by atoms with Crippen LogP contribution in [-0.2, 0) is 6.54 Å². The first-order valence-electron chi connectivity index (χ1n) is 6.11. The van der Waals surface area contributed by atoms with E-state index in [9.17, 15) is 5.11 Å². The Balaban J connectivity index is 2.62. The highest BCUT2D eigenvalue weighted by Crippen LogP contribution is 2.17. The summed E-state index contributed by atoms with van der Waals surface area (Å²) in [5.74, 6) is 0.803. The molecule has 0 aliphatic rings. The predicted octanol–water partition coefficient (Wildman–Crippen LogP) is 1.65. The number of ether oxygens (including phenoxy) is 1. The van der Waals surface area contributed by atoms with Gasteiger partial charge in [-0.25, -0.2) is 0 Å². The number of aliphatic hydroxyl groups excluding tert-OH is 1. The third kappa shape index (κ3) is 5.15. The molecular formula is C13H22N2O2. The van der Waals surface area contributed by atoms with Crippen LogP contribution in [0.4, 0.5) is 0 Å². The molecule has 1 aromatic rings. The lowest BCUT2D eigenvalue weighted by Crippen LogP contribution is -2.15. The summed E-state index contributed by atoms with van der Waals surface area (Å²) in [5, 5.41) is 12.4. The van der Waals surface area contributed by atoms with Gasteiger partial charge in [0.05, 0.1) is 18.4 Å². The van der Waals surface area contributed by atoms with Gasteiger partial charge in [-0.3, -0.25) is 4.98 Å². The molecule has 0 saturated heterocycles. The molecule has 1 aromatic heterocycles. The molecule has 1 heterocycles. The number of aliphatic hydroxyl groups is 1. The van der Waals surface area contributed by atoms with Crippen molar-refractivity contribution in [2.24, 2.45) is 0 Å². The van der Waals surface area contributed by atoms with Crippen molar-refractivity contribution in [2.75, 3.05) is 13.2 Å². The topological polar surface area (TPSA) is 54.4 Å². The molecule has 0 bridgehead atoms. The Morgan fingerprint density at radius 3 is 2.88 bits per heavy atom. The zero-order valence-electron chi connectivity index (χ0n) is 10.9. The third-order valence-electron chi connectivity index (χ3n) is 2.41. The Morgan fingerprint density at radius 2 is 2.24 bits per heavy atom. The van der Waals surface area contributed by atoms with Crippen LogP contribution in [0, 0.1) is 6.92 Å². The highest BCUT2D eigenvalue weighted by molar-refractivity contribution is 5.29. The van der Waals surface area contributed by atoms with Gasteiger partial charge in [-0.05, 0) is 32.5 Å². The zero-order valence-corrected chi connectivity index (χ0v) is 10.9. The molecule has 2 N–H and O–H groups in total. The maximum atomic E-state index is 9.18. The molecular weight excluding hydrogens is 216 g/mol. The van der Waals surface area contributed by atoms with E-state index in [4.69, 9.17) is 4.74 Å². The molecule has 0 saturated carbocycles. The summed E-state index contributed by atoms with van der Waals surface area (Å²) in [6, 6.07) is 3.88. The van der Waals surface area contributed by atoms with Gasteiger partial charge in [0.15, 0.2) is 0 Å². The monoisotopic (exact) mass is 238 g/mol. The highest BCUT2D eigenvalue weighted by Gasteiger charge is 2.06. The van der Waals surface area contributed by atoms with E-state index < -0.39 is 0 Å². The third-order valence-corrected chi connectivity index (χ3v) is 2.41. The van der Waals surface area contributed by atoms with Gasteiger partial charge in [-0.2, -0.15) is 0 Å². The molecule has 0 spiro atoms. The summed E-state index contributed by atoms with van der Waals surface area (Å²) in [5.41, 5.74) is 1.92. The normalized spacial score (nSPS) is 12.5. The molecule has 4 nitrogen and oxygen atoms in total. The van der Waals surface area contributed by atoms with Crippen molar-refractivity contribution in [2.45, 2.75) is 39.8 Å². The first-order chi connectivity index (χ1) is 8.13. The lowest BCUT2D eigenvalue weighted by Gasteiger charge is -2.12. The number of pyridine rings is 1. The van der Waals surface area contributed by atoms with E-state index in [-0.39, 0.29) is 6.10 Å². The van der Waals surface area contributed by atoms with Crippen molar-refractivity contribution in [3.63, 3.8) is 0 Å². The lowest BCUT2D eigenvalue weighted by atomic mass is 10.2. The molecule has 0 aliphatic heterocycles. The molecule has 0 radical (unpaired) electrons. The molecule has 1 unspecified atom stereocenters. The SMILES string of the molecule is CCNCc1nc(C)ccc1OCCC(C)O. The van der Waals surface area contributed by atoms with Crippen LogP contribution in [-0.4, -0.2) is 29.3 Å². The van der Waals surface area contributed by atoms with Crippen molar-refractivity contribution < 1.29 is 9.84 Å². The Bertz CT molecular complexity index is 340. The summed E-state index contributed by atoms with van der Waals surface area (Å²) in [7, 11) is 0. The predicted molar refractivity (Wildman–Crippen MR) is 68.1 cm³/mol. The van der Waals surface area contributed by atoms with Crippen molar-refractivity contribution in [3.05, 3.63) is 23.5 Å². The fourth-order valence-electron chi connectivity index (χ4n) is 1.44. The van der Waals surface area contributed by atoms with E-state index in [2.05, 4.69) is 17.2 Å². The van der Waals surface area contributed by atoms with Gasteiger partial charge in [-0.1, -0.05) is 6.92 Å². The van der Waals surface area contributed by atoms with Crippen LogP contribution < -0.4 is 10.1 Å². The molecule has 0 aromatic carbocycles. The smallest absolute Gasteiger partial charge is 0.142 e. The Labute approximate surface area is 103 Å². The molecule has 0 aliphatic carbocycles. The second-order valence-electron chi connectivity index (χ2n) is 4.16.